The van der Waals surface area contributed by atoms with E-state index in [0.29, 0.717) is 17.5 Å². The van der Waals surface area contributed by atoms with Crippen LogP contribution in [-0.4, -0.2) is 16.3 Å². The van der Waals surface area contributed by atoms with E-state index in [1.165, 1.54) is 11.3 Å². The third kappa shape index (κ3) is 7.79. The fraction of sp³-hybridized carbons (Fsp3) is 0.625. The van der Waals surface area contributed by atoms with Crippen molar-refractivity contribution < 1.29 is 13.6 Å². The second-order valence-corrected chi connectivity index (χ2v) is 8.22. The first kappa shape index (κ1) is 27.1. The maximum Gasteiger partial charge on any atom is 0.278 e. The minimum atomic E-state index is -2.40. The van der Waals surface area contributed by atoms with Crippen molar-refractivity contribution in [2.24, 2.45) is 0 Å². The van der Waals surface area contributed by atoms with Crippen LogP contribution in [0.15, 0.2) is 12.1 Å². The zero-order valence-corrected chi connectivity index (χ0v) is 19.8. The molecule has 0 aliphatic rings. The van der Waals surface area contributed by atoms with Crippen LogP contribution in [0.3, 0.4) is 0 Å². The first-order valence-electron chi connectivity index (χ1n) is 10.7. The second kappa shape index (κ2) is 12.6. The van der Waals surface area contributed by atoms with Gasteiger partial charge in [-0.1, -0.05) is 69.2 Å². The summed E-state index contributed by atoms with van der Waals surface area (Å²) in [4.78, 5) is 16.5. The van der Waals surface area contributed by atoms with E-state index >= 15 is 0 Å². The minimum Gasteiger partial charge on any atom is -0.357 e. The molecule has 0 amide bonds. The molecule has 2 heterocycles. The number of aldehydes is 1. The Balaban J connectivity index is 0.000000499. The van der Waals surface area contributed by atoms with Crippen molar-refractivity contribution in [1.29, 1.82) is 0 Å². The van der Waals surface area contributed by atoms with Gasteiger partial charge < -0.3 is 9.97 Å². The predicted octanol–water partition coefficient (Wildman–Crippen LogP) is 8.30. The van der Waals surface area contributed by atoms with Gasteiger partial charge in [-0.25, -0.2) is 8.78 Å². The lowest BCUT2D eigenvalue weighted by atomic mass is 9.98. The van der Waals surface area contributed by atoms with Crippen molar-refractivity contribution >= 4 is 6.29 Å². The smallest absolute Gasteiger partial charge is 0.278 e. The first-order chi connectivity index (χ1) is 13.5. The molecule has 0 saturated carbocycles. The van der Waals surface area contributed by atoms with Gasteiger partial charge in [0.1, 0.15) is 0 Å². The van der Waals surface area contributed by atoms with Crippen LogP contribution in [0, 0.1) is 0 Å². The van der Waals surface area contributed by atoms with Crippen molar-refractivity contribution in [2.45, 2.75) is 99.3 Å². The van der Waals surface area contributed by atoms with Crippen molar-refractivity contribution in [3.05, 3.63) is 46.0 Å². The van der Waals surface area contributed by atoms with Crippen molar-refractivity contribution in [1.82, 2.24) is 9.97 Å². The number of hydrogen-bond acceptors (Lipinski definition) is 1. The van der Waals surface area contributed by atoms with Crippen molar-refractivity contribution in [3.63, 3.8) is 0 Å². The highest BCUT2D eigenvalue weighted by Crippen LogP contribution is 2.30. The number of hydrogen-bond donors (Lipinski definition) is 2. The molecule has 2 aromatic heterocycles. The summed E-state index contributed by atoms with van der Waals surface area (Å²) in [6, 6.07) is 3.54. The van der Waals surface area contributed by atoms with E-state index in [2.05, 4.69) is 37.7 Å². The third-order valence-electron chi connectivity index (χ3n) is 4.56. The van der Waals surface area contributed by atoms with Crippen LogP contribution >= 0.6 is 0 Å². The quantitative estimate of drug-likeness (QED) is 0.462. The molecule has 3 nitrogen and oxygen atoms in total. The Hall–Kier alpha value is -1.91. The highest BCUT2D eigenvalue weighted by molar-refractivity contribution is 5.73. The lowest BCUT2D eigenvalue weighted by Crippen LogP contribution is -1.95. The highest BCUT2D eigenvalue weighted by atomic mass is 19.3. The Morgan fingerprint density at radius 1 is 0.724 bits per heavy atom. The number of carbonyl (C=O) groups is 1. The molecule has 2 rings (SSSR count). The van der Waals surface area contributed by atoms with Gasteiger partial charge in [0.05, 0.1) is 11.4 Å². The Morgan fingerprint density at radius 2 is 1.14 bits per heavy atom. The normalized spacial score (nSPS) is 11.1. The summed E-state index contributed by atoms with van der Waals surface area (Å²) in [5.74, 6) is 1.48. The number of H-pyrrole nitrogens is 2. The fourth-order valence-electron chi connectivity index (χ4n) is 3.11. The highest BCUT2D eigenvalue weighted by Gasteiger charge is 2.18. The standard InChI is InChI=1S/C11H17F2N.C11H17NO.C2H6/c1-6(2)8-5-9(11(12)13)14-10(8)7(3)4;1-7(2)10-5-9(6-13)12-11(10)8(3)4;1-2/h5-7,11,14H,1-4H3;5-8,12H,1-4H3;1-2H3. The molecule has 0 radical (unpaired) electrons. The third-order valence-corrected chi connectivity index (χ3v) is 4.56. The van der Waals surface area contributed by atoms with Gasteiger partial charge in [-0.05, 0) is 46.9 Å². The fourth-order valence-corrected chi connectivity index (χ4v) is 3.11. The Morgan fingerprint density at radius 3 is 1.41 bits per heavy atom. The van der Waals surface area contributed by atoms with E-state index in [1.54, 1.807) is 6.07 Å². The maximum atomic E-state index is 12.5. The molecule has 2 aromatic rings. The van der Waals surface area contributed by atoms with Crippen LogP contribution < -0.4 is 0 Å². The first-order valence-corrected chi connectivity index (χ1v) is 10.7. The number of rotatable bonds is 6. The zero-order chi connectivity index (χ0) is 22.9. The Bertz CT molecular complexity index is 674. The number of halogens is 2. The predicted molar refractivity (Wildman–Crippen MR) is 120 cm³/mol. The van der Waals surface area contributed by atoms with Gasteiger partial charge in [-0.15, -0.1) is 0 Å². The lowest BCUT2D eigenvalue weighted by molar-refractivity contribution is 0.111. The molecule has 0 spiro atoms. The average Bonchev–Trinajstić information content (AvgIpc) is 3.29. The number of nitrogens with one attached hydrogen (secondary N) is 2. The molecule has 0 aliphatic heterocycles. The van der Waals surface area contributed by atoms with Crippen LogP contribution in [0.1, 0.15) is 138 Å². The molecule has 0 aromatic carbocycles. The summed E-state index contributed by atoms with van der Waals surface area (Å²) in [7, 11) is 0. The molecule has 29 heavy (non-hydrogen) atoms. The van der Waals surface area contributed by atoms with Gasteiger partial charge in [0, 0.05) is 11.4 Å². The largest absolute Gasteiger partial charge is 0.357 e. The molecule has 0 bridgehead atoms. The minimum absolute atomic E-state index is 0.0393. The van der Waals surface area contributed by atoms with E-state index in [1.807, 2.05) is 47.6 Å². The summed E-state index contributed by atoms with van der Waals surface area (Å²) < 4.78 is 24.9. The summed E-state index contributed by atoms with van der Waals surface area (Å²) in [6.45, 7) is 20.6. The lowest BCUT2D eigenvalue weighted by Gasteiger charge is -2.09. The van der Waals surface area contributed by atoms with Crippen LogP contribution in [0.2, 0.25) is 0 Å². The topological polar surface area (TPSA) is 48.6 Å². The van der Waals surface area contributed by atoms with Crippen LogP contribution in [0.25, 0.3) is 0 Å². The van der Waals surface area contributed by atoms with Crippen LogP contribution in [0.4, 0.5) is 8.78 Å². The van der Waals surface area contributed by atoms with Crippen molar-refractivity contribution in [3.8, 4) is 0 Å². The van der Waals surface area contributed by atoms with Crippen LogP contribution in [-0.2, 0) is 0 Å². The summed E-state index contributed by atoms with van der Waals surface area (Å²) in [5.41, 5.74) is 5.13. The average molecular weight is 411 g/mol. The molecule has 0 unspecified atom stereocenters. The summed E-state index contributed by atoms with van der Waals surface area (Å²) in [6.07, 6.45) is -1.53. The van der Waals surface area contributed by atoms with Gasteiger partial charge in [0.15, 0.2) is 6.29 Å². The SMILES string of the molecule is CC.CC(C)c1cc(C(F)F)[nH]c1C(C)C.CC(C)c1cc(C=O)[nH]c1C(C)C. The molecular formula is C24H40F2N2O. The molecular weight excluding hydrogens is 370 g/mol. The van der Waals surface area contributed by atoms with E-state index in [4.69, 9.17) is 0 Å². The number of aromatic nitrogens is 2. The van der Waals surface area contributed by atoms with Gasteiger partial charge in [0.2, 0.25) is 0 Å². The van der Waals surface area contributed by atoms with E-state index in [0.717, 1.165) is 17.5 Å². The van der Waals surface area contributed by atoms with E-state index in [-0.39, 0.29) is 17.5 Å². The second-order valence-electron chi connectivity index (χ2n) is 8.22. The van der Waals surface area contributed by atoms with E-state index in [9.17, 15) is 13.6 Å². The van der Waals surface area contributed by atoms with Gasteiger partial charge in [-0.3, -0.25) is 4.79 Å². The van der Waals surface area contributed by atoms with Gasteiger partial charge >= 0.3 is 0 Å². The number of alkyl halides is 2. The molecule has 5 heteroatoms. The molecule has 0 atom stereocenters. The zero-order valence-electron chi connectivity index (χ0n) is 19.8. The summed E-state index contributed by atoms with van der Waals surface area (Å²) in [5, 5.41) is 0. The van der Waals surface area contributed by atoms with Gasteiger partial charge in [-0.2, -0.15) is 0 Å². The molecule has 0 aliphatic carbocycles. The summed E-state index contributed by atoms with van der Waals surface area (Å²) >= 11 is 0. The number of carbonyl (C=O) groups excluding carboxylic acids is 1. The van der Waals surface area contributed by atoms with E-state index < -0.39 is 6.43 Å². The van der Waals surface area contributed by atoms with Gasteiger partial charge in [0.25, 0.3) is 6.43 Å². The van der Waals surface area contributed by atoms with Crippen LogP contribution in [0.5, 0.6) is 0 Å². The number of aromatic amines is 2. The molecule has 2 N–H and O–H groups in total. The molecule has 0 saturated heterocycles. The Labute approximate surface area is 175 Å². The maximum absolute atomic E-state index is 12.5. The monoisotopic (exact) mass is 410 g/mol. The Kier molecular flexibility index (Phi) is 11.8. The van der Waals surface area contributed by atoms with Crippen molar-refractivity contribution in [2.75, 3.05) is 0 Å². The molecule has 166 valence electrons. The molecule has 0 fully saturated rings.